The van der Waals surface area contributed by atoms with Gasteiger partial charge in [0.15, 0.2) is 0 Å². The molecule has 114 valence electrons. The fraction of sp³-hybridized carbons (Fsp3) is 0.812. The number of hydrogen-bond acceptors (Lipinski definition) is 3. The van der Waals surface area contributed by atoms with Crippen LogP contribution in [0.1, 0.15) is 46.7 Å². The van der Waals surface area contributed by atoms with Gasteiger partial charge in [-0.15, -0.1) is 0 Å². The molecule has 2 unspecified atom stereocenters. The van der Waals surface area contributed by atoms with Gasteiger partial charge in [0.1, 0.15) is 0 Å². The van der Waals surface area contributed by atoms with E-state index in [2.05, 4.69) is 51.2 Å². The van der Waals surface area contributed by atoms with E-state index < -0.39 is 0 Å². The SMILES string of the molecule is CCc1nn(C)cc1NC1CC(OCC(C)C)C1(C)C. The minimum Gasteiger partial charge on any atom is -0.379 e. The van der Waals surface area contributed by atoms with Crippen LogP contribution < -0.4 is 5.32 Å². The number of rotatable bonds is 6. The molecule has 0 bridgehead atoms. The fourth-order valence-electron chi connectivity index (χ4n) is 2.83. The lowest BCUT2D eigenvalue weighted by Gasteiger charge is -2.52. The molecule has 20 heavy (non-hydrogen) atoms. The molecule has 1 aromatic heterocycles. The molecule has 4 nitrogen and oxygen atoms in total. The summed E-state index contributed by atoms with van der Waals surface area (Å²) in [6.45, 7) is 12.0. The summed E-state index contributed by atoms with van der Waals surface area (Å²) >= 11 is 0. The van der Waals surface area contributed by atoms with Crippen molar-refractivity contribution >= 4 is 5.69 Å². The molecular formula is C16H29N3O. The molecule has 1 fully saturated rings. The summed E-state index contributed by atoms with van der Waals surface area (Å²) in [6.07, 6.45) is 4.49. The van der Waals surface area contributed by atoms with Gasteiger partial charge < -0.3 is 10.1 Å². The second-order valence-electron chi connectivity index (χ2n) is 6.99. The monoisotopic (exact) mass is 279 g/mol. The molecule has 2 atom stereocenters. The topological polar surface area (TPSA) is 39.1 Å². The predicted octanol–water partition coefficient (Wildman–Crippen LogP) is 3.23. The number of aryl methyl sites for hydroxylation is 2. The Balaban J connectivity index is 1.95. The molecule has 1 saturated carbocycles. The summed E-state index contributed by atoms with van der Waals surface area (Å²) < 4.78 is 7.91. The summed E-state index contributed by atoms with van der Waals surface area (Å²) in [5.41, 5.74) is 2.50. The highest BCUT2D eigenvalue weighted by atomic mass is 16.5. The lowest BCUT2D eigenvalue weighted by Crippen LogP contribution is -2.58. The van der Waals surface area contributed by atoms with E-state index in [0.29, 0.717) is 18.1 Å². The van der Waals surface area contributed by atoms with E-state index in [-0.39, 0.29) is 5.41 Å². The van der Waals surface area contributed by atoms with E-state index in [9.17, 15) is 0 Å². The summed E-state index contributed by atoms with van der Waals surface area (Å²) in [6, 6.07) is 0.467. The molecule has 0 radical (unpaired) electrons. The lowest BCUT2D eigenvalue weighted by molar-refractivity contribution is -0.108. The van der Waals surface area contributed by atoms with E-state index in [1.165, 1.54) is 5.69 Å². The number of ether oxygens (including phenoxy) is 1. The maximum Gasteiger partial charge on any atom is 0.0853 e. The minimum atomic E-state index is 0.176. The number of anilines is 1. The van der Waals surface area contributed by atoms with Crippen molar-refractivity contribution in [3.63, 3.8) is 0 Å². The average Bonchev–Trinajstić information content (AvgIpc) is 2.72. The van der Waals surface area contributed by atoms with Gasteiger partial charge in [-0.1, -0.05) is 34.6 Å². The van der Waals surface area contributed by atoms with Gasteiger partial charge in [0.25, 0.3) is 0 Å². The Labute approximate surface area is 122 Å². The van der Waals surface area contributed by atoms with Crippen LogP contribution in [-0.2, 0) is 18.2 Å². The Hall–Kier alpha value is -1.03. The molecule has 0 aromatic carbocycles. The first kappa shape index (κ1) is 15.4. The molecule has 1 aliphatic rings. The Morgan fingerprint density at radius 3 is 2.75 bits per heavy atom. The highest BCUT2D eigenvalue weighted by Gasteiger charge is 2.49. The molecule has 1 aromatic rings. The van der Waals surface area contributed by atoms with Crippen LogP contribution in [0.3, 0.4) is 0 Å². The van der Waals surface area contributed by atoms with Crippen LogP contribution in [0, 0.1) is 11.3 Å². The quantitative estimate of drug-likeness (QED) is 0.869. The van der Waals surface area contributed by atoms with Gasteiger partial charge in [0, 0.05) is 31.3 Å². The number of hydrogen-bond donors (Lipinski definition) is 1. The first-order chi connectivity index (χ1) is 9.34. The van der Waals surface area contributed by atoms with Crippen LogP contribution in [0.15, 0.2) is 6.20 Å². The standard InChI is InChI=1S/C16H29N3O/c1-7-12-13(9-19(6)18-12)17-14-8-15(16(14,4)5)20-10-11(2)3/h9,11,14-15,17H,7-8,10H2,1-6H3. The molecule has 4 heteroatoms. The molecule has 2 rings (SSSR count). The normalized spacial score (nSPS) is 24.8. The minimum absolute atomic E-state index is 0.176. The molecule has 1 N–H and O–H groups in total. The van der Waals surface area contributed by atoms with Gasteiger partial charge >= 0.3 is 0 Å². The maximum absolute atomic E-state index is 6.02. The van der Waals surface area contributed by atoms with Crippen molar-refractivity contribution in [2.75, 3.05) is 11.9 Å². The van der Waals surface area contributed by atoms with Crippen molar-refractivity contribution in [1.82, 2.24) is 9.78 Å². The van der Waals surface area contributed by atoms with Gasteiger partial charge in [-0.05, 0) is 18.8 Å². The number of aromatic nitrogens is 2. The molecule has 0 spiro atoms. The second-order valence-corrected chi connectivity index (χ2v) is 6.99. The Morgan fingerprint density at radius 2 is 2.20 bits per heavy atom. The van der Waals surface area contributed by atoms with Crippen molar-refractivity contribution in [3.05, 3.63) is 11.9 Å². The number of nitrogens with one attached hydrogen (secondary N) is 1. The molecular weight excluding hydrogens is 250 g/mol. The molecule has 1 aliphatic carbocycles. The summed E-state index contributed by atoms with van der Waals surface area (Å²) in [5.74, 6) is 0.600. The fourth-order valence-corrected chi connectivity index (χ4v) is 2.83. The number of nitrogens with zero attached hydrogens (tertiary/aromatic N) is 2. The lowest BCUT2D eigenvalue weighted by atomic mass is 9.64. The zero-order valence-electron chi connectivity index (χ0n) is 13.7. The summed E-state index contributed by atoms with van der Waals surface area (Å²) in [7, 11) is 1.98. The zero-order valence-corrected chi connectivity index (χ0v) is 13.7. The Kier molecular flexibility index (Phi) is 4.43. The van der Waals surface area contributed by atoms with Gasteiger partial charge in [-0.2, -0.15) is 5.10 Å². The van der Waals surface area contributed by atoms with Crippen LogP contribution in [0.4, 0.5) is 5.69 Å². The molecule has 0 saturated heterocycles. The summed E-state index contributed by atoms with van der Waals surface area (Å²) in [5, 5.41) is 8.15. The smallest absolute Gasteiger partial charge is 0.0853 e. The van der Waals surface area contributed by atoms with Crippen molar-refractivity contribution in [2.24, 2.45) is 18.4 Å². The molecule has 0 aliphatic heterocycles. The average molecular weight is 279 g/mol. The highest BCUT2D eigenvalue weighted by Crippen LogP contribution is 2.44. The largest absolute Gasteiger partial charge is 0.379 e. The van der Waals surface area contributed by atoms with Crippen LogP contribution in [0.5, 0.6) is 0 Å². The van der Waals surface area contributed by atoms with Gasteiger partial charge in [-0.25, -0.2) is 0 Å². The van der Waals surface area contributed by atoms with Gasteiger partial charge in [0.05, 0.1) is 17.5 Å². The van der Waals surface area contributed by atoms with E-state index in [4.69, 9.17) is 4.74 Å². The van der Waals surface area contributed by atoms with Crippen LogP contribution >= 0.6 is 0 Å². The van der Waals surface area contributed by atoms with Crippen LogP contribution in [0.2, 0.25) is 0 Å². The van der Waals surface area contributed by atoms with Gasteiger partial charge in [0.2, 0.25) is 0 Å². The van der Waals surface area contributed by atoms with Gasteiger partial charge in [-0.3, -0.25) is 4.68 Å². The van der Waals surface area contributed by atoms with Crippen molar-refractivity contribution in [1.29, 1.82) is 0 Å². The van der Waals surface area contributed by atoms with E-state index in [1.807, 2.05) is 11.7 Å². The van der Waals surface area contributed by atoms with Crippen molar-refractivity contribution in [3.8, 4) is 0 Å². The van der Waals surface area contributed by atoms with Crippen LogP contribution in [-0.4, -0.2) is 28.5 Å². The third-order valence-corrected chi connectivity index (χ3v) is 4.38. The van der Waals surface area contributed by atoms with E-state index in [1.54, 1.807) is 0 Å². The first-order valence-corrected chi connectivity index (χ1v) is 7.75. The Bertz CT molecular complexity index is 451. The summed E-state index contributed by atoms with van der Waals surface area (Å²) in [4.78, 5) is 0. The molecule has 0 amide bonds. The van der Waals surface area contributed by atoms with Crippen LogP contribution in [0.25, 0.3) is 0 Å². The predicted molar refractivity (Wildman–Crippen MR) is 83.0 cm³/mol. The second kappa shape index (κ2) is 5.76. The first-order valence-electron chi connectivity index (χ1n) is 7.75. The van der Waals surface area contributed by atoms with Crippen molar-refractivity contribution in [2.45, 2.75) is 59.6 Å². The zero-order chi connectivity index (χ0) is 14.9. The van der Waals surface area contributed by atoms with E-state index in [0.717, 1.165) is 25.1 Å². The Morgan fingerprint density at radius 1 is 1.50 bits per heavy atom. The highest BCUT2D eigenvalue weighted by molar-refractivity contribution is 5.48. The third kappa shape index (κ3) is 3.00. The van der Waals surface area contributed by atoms with E-state index >= 15 is 0 Å². The molecule has 1 heterocycles. The van der Waals surface area contributed by atoms with Crippen molar-refractivity contribution < 1.29 is 4.74 Å². The third-order valence-electron chi connectivity index (χ3n) is 4.38. The maximum atomic E-state index is 6.02.